The minimum atomic E-state index is -4.07. The highest BCUT2D eigenvalue weighted by atomic mass is 32.2. The maximum absolute atomic E-state index is 13.8. The molecule has 39 heavy (non-hydrogen) atoms. The average molecular weight is 542 g/mol. The van der Waals surface area contributed by atoms with Crippen molar-refractivity contribution >= 4 is 49.1 Å². The number of fused-ring (bicyclic) bond motifs is 3. The smallest absolute Gasteiger partial charge is 0.264 e. The van der Waals surface area contributed by atoms with Gasteiger partial charge in [0.25, 0.3) is 10.0 Å². The predicted octanol–water partition coefficient (Wildman–Crippen LogP) is 6.36. The van der Waals surface area contributed by atoms with Gasteiger partial charge in [-0.2, -0.15) is 0 Å². The average Bonchev–Trinajstić information content (AvgIpc) is 3.25. The van der Waals surface area contributed by atoms with Crippen LogP contribution in [0.25, 0.3) is 21.8 Å². The summed E-state index contributed by atoms with van der Waals surface area (Å²) in [6, 6.07) is 27.4. The number of rotatable bonds is 9. The van der Waals surface area contributed by atoms with Crippen LogP contribution in [-0.4, -0.2) is 32.0 Å². The zero-order valence-corrected chi connectivity index (χ0v) is 23.0. The third kappa shape index (κ3) is 5.07. The Kier molecular flexibility index (Phi) is 7.30. The van der Waals surface area contributed by atoms with Gasteiger partial charge in [-0.05, 0) is 69.3 Å². The lowest BCUT2D eigenvalue weighted by atomic mass is 10.1. The van der Waals surface area contributed by atoms with E-state index in [0.717, 1.165) is 38.2 Å². The Morgan fingerprint density at radius 3 is 2.31 bits per heavy atom. The first kappa shape index (κ1) is 26.3. The van der Waals surface area contributed by atoms with Gasteiger partial charge in [-0.1, -0.05) is 48.0 Å². The van der Waals surface area contributed by atoms with Gasteiger partial charge in [0, 0.05) is 34.0 Å². The molecule has 1 aromatic heterocycles. The highest BCUT2D eigenvalue weighted by Gasteiger charge is 2.29. The number of anilines is 2. The van der Waals surface area contributed by atoms with Crippen molar-refractivity contribution in [3.63, 3.8) is 0 Å². The molecule has 5 aromatic rings. The fourth-order valence-corrected chi connectivity index (χ4v) is 6.31. The minimum absolute atomic E-state index is 0.0981. The highest BCUT2D eigenvalue weighted by molar-refractivity contribution is 7.92. The molecule has 0 unspecified atom stereocenters. The number of amides is 1. The summed E-state index contributed by atoms with van der Waals surface area (Å²) >= 11 is 0. The number of nitrogens with one attached hydrogen (secondary N) is 1. The van der Waals surface area contributed by atoms with Crippen LogP contribution in [0.1, 0.15) is 19.4 Å². The Morgan fingerprint density at radius 1 is 0.872 bits per heavy atom. The van der Waals surface area contributed by atoms with Gasteiger partial charge < -0.3 is 14.6 Å². The quantitative estimate of drug-likeness (QED) is 0.236. The highest BCUT2D eigenvalue weighted by Crippen LogP contribution is 2.34. The van der Waals surface area contributed by atoms with Crippen molar-refractivity contribution in [1.29, 1.82) is 0 Å². The second-order valence-electron chi connectivity index (χ2n) is 9.27. The number of carbonyl (C=O) groups is 1. The van der Waals surface area contributed by atoms with Gasteiger partial charge in [0.2, 0.25) is 5.91 Å². The Morgan fingerprint density at radius 2 is 1.56 bits per heavy atom. The fourth-order valence-electron chi connectivity index (χ4n) is 4.88. The maximum atomic E-state index is 13.8. The number of aryl methyl sites for hydroxylation is 2. The molecule has 0 atom stereocenters. The van der Waals surface area contributed by atoms with Gasteiger partial charge in [-0.3, -0.25) is 9.10 Å². The third-order valence-electron chi connectivity index (χ3n) is 6.70. The van der Waals surface area contributed by atoms with Crippen molar-refractivity contribution in [3.05, 3.63) is 96.6 Å². The van der Waals surface area contributed by atoms with Gasteiger partial charge in [-0.15, -0.1) is 0 Å². The van der Waals surface area contributed by atoms with Crippen molar-refractivity contribution in [2.45, 2.75) is 32.2 Å². The SMILES string of the molecule is CCOc1ccccc1N(CC(=O)Nc1ccc2c(c1)c1ccccc1n2CC)S(=O)(=O)c1ccc(C)cc1. The summed E-state index contributed by atoms with van der Waals surface area (Å²) < 4.78 is 36.7. The number of sulfonamides is 1. The van der Waals surface area contributed by atoms with Gasteiger partial charge in [0.05, 0.1) is 17.2 Å². The molecule has 0 saturated carbocycles. The molecular formula is C31H31N3O4S. The molecule has 0 spiro atoms. The van der Waals surface area contributed by atoms with Gasteiger partial charge in [-0.25, -0.2) is 8.42 Å². The van der Waals surface area contributed by atoms with Crippen LogP contribution in [0.3, 0.4) is 0 Å². The van der Waals surface area contributed by atoms with E-state index in [1.54, 1.807) is 48.5 Å². The summed E-state index contributed by atoms with van der Waals surface area (Å²) in [5, 5.41) is 5.04. The van der Waals surface area contributed by atoms with E-state index in [1.165, 1.54) is 0 Å². The summed E-state index contributed by atoms with van der Waals surface area (Å²) in [5.74, 6) is -0.0761. The molecule has 4 aromatic carbocycles. The fraction of sp³-hybridized carbons (Fsp3) is 0.194. The Bertz CT molecular complexity index is 1760. The van der Waals surface area contributed by atoms with Gasteiger partial charge in [0.1, 0.15) is 12.3 Å². The van der Waals surface area contributed by atoms with E-state index in [9.17, 15) is 13.2 Å². The van der Waals surface area contributed by atoms with Crippen molar-refractivity contribution < 1.29 is 17.9 Å². The normalized spacial score (nSPS) is 11.6. The summed E-state index contributed by atoms with van der Waals surface area (Å²) in [6.07, 6.45) is 0. The van der Waals surface area contributed by atoms with E-state index < -0.39 is 22.5 Å². The van der Waals surface area contributed by atoms with Crippen molar-refractivity contribution in [2.24, 2.45) is 0 Å². The number of hydrogen-bond donors (Lipinski definition) is 1. The molecule has 200 valence electrons. The zero-order chi connectivity index (χ0) is 27.6. The van der Waals surface area contributed by atoms with Crippen molar-refractivity contribution in [1.82, 2.24) is 4.57 Å². The molecule has 7 nitrogen and oxygen atoms in total. The van der Waals surface area contributed by atoms with E-state index in [1.807, 2.05) is 44.2 Å². The monoisotopic (exact) mass is 541 g/mol. The van der Waals surface area contributed by atoms with E-state index in [0.29, 0.717) is 23.7 Å². The van der Waals surface area contributed by atoms with Crippen LogP contribution in [0.4, 0.5) is 11.4 Å². The molecule has 0 radical (unpaired) electrons. The molecule has 8 heteroatoms. The molecule has 5 rings (SSSR count). The lowest BCUT2D eigenvalue weighted by Gasteiger charge is -2.26. The first-order valence-corrected chi connectivity index (χ1v) is 14.4. The standard InChI is InChI=1S/C31H31N3O4S/c1-4-33-27-11-7-6-10-25(27)26-20-23(16-19-28(26)33)32-31(35)21-34(29-12-8-9-13-30(29)38-5-2)39(36,37)24-17-14-22(3)15-18-24/h6-20H,4-5,21H2,1-3H3,(H,32,35). The van der Waals surface area contributed by atoms with Crippen molar-refractivity contribution in [3.8, 4) is 5.75 Å². The first-order chi connectivity index (χ1) is 18.8. The number of hydrogen-bond acceptors (Lipinski definition) is 4. The number of aromatic nitrogens is 1. The lowest BCUT2D eigenvalue weighted by Crippen LogP contribution is -2.38. The summed E-state index contributed by atoms with van der Waals surface area (Å²) in [4.78, 5) is 13.5. The largest absolute Gasteiger partial charge is 0.492 e. The first-order valence-electron chi connectivity index (χ1n) is 13.0. The molecule has 0 fully saturated rings. The van der Waals surface area contributed by atoms with Gasteiger partial charge in [0.15, 0.2) is 0 Å². The van der Waals surface area contributed by atoms with E-state index >= 15 is 0 Å². The number of para-hydroxylation sites is 3. The second-order valence-corrected chi connectivity index (χ2v) is 11.1. The van der Waals surface area contributed by atoms with Crippen LogP contribution in [-0.2, 0) is 21.4 Å². The zero-order valence-electron chi connectivity index (χ0n) is 22.2. The van der Waals surface area contributed by atoms with Crippen LogP contribution in [0, 0.1) is 6.92 Å². The number of benzene rings is 4. The van der Waals surface area contributed by atoms with E-state index in [-0.39, 0.29) is 4.90 Å². The molecule has 1 heterocycles. The van der Waals surface area contributed by atoms with Gasteiger partial charge >= 0.3 is 0 Å². The molecule has 1 N–H and O–H groups in total. The summed E-state index contributed by atoms with van der Waals surface area (Å²) in [5.41, 5.74) is 4.04. The molecule has 0 bridgehead atoms. The van der Waals surface area contributed by atoms with Crippen LogP contribution in [0.2, 0.25) is 0 Å². The summed E-state index contributed by atoms with van der Waals surface area (Å²) in [7, 11) is -4.07. The Hall–Kier alpha value is -4.30. The maximum Gasteiger partial charge on any atom is 0.264 e. The van der Waals surface area contributed by atoms with E-state index in [2.05, 4.69) is 28.9 Å². The third-order valence-corrected chi connectivity index (χ3v) is 8.48. The molecule has 0 aliphatic rings. The predicted molar refractivity (Wildman–Crippen MR) is 157 cm³/mol. The Labute approximate surface area is 228 Å². The molecule has 0 aliphatic heterocycles. The van der Waals surface area contributed by atoms with Crippen LogP contribution in [0.15, 0.2) is 95.9 Å². The second kappa shape index (κ2) is 10.8. The van der Waals surface area contributed by atoms with Crippen LogP contribution >= 0.6 is 0 Å². The molecule has 0 saturated heterocycles. The topological polar surface area (TPSA) is 80.6 Å². The minimum Gasteiger partial charge on any atom is -0.492 e. The lowest BCUT2D eigenvalue weighted by molar-refractivity contribution is -0.114. The molecular weight excluding hydrogens is 510 g/mol. The summed E-state index contributed by atoms with van der Waals surface area (Å²) in [6.45, 7) is 6.57. The van der Waals surface area contributed by atoms with Crippen molar-refractivity contribution in [2.75, 3.05) is 22.8 Å². The van der Waals surface area contributed by atoms with Crippen LogP contribution < -0.4 is 14.4 Å². The molecule has 1 amide bonds. The van der Waals surface area contributed by atoms with Crippen LogP contribution in [0.5, 0.6) is 5.75 Å². The number of ether oxygens (including phenoxy) is 1. The Balaban J connectivity index is 1.51. The number of carbonyl (C=O) groups excluding carboxylic acids is 1. The number of nitrogens with zero attached hydrogens (tertiary/aromatic N) is 2. The molecule has 0 aliphatic carbocycles. The van der Waals surface area contributed by atoms with E-state index in [4.69, 9.17) is 4.74 Å².